The van der Waals surface area contributed by atoms with Crippen molar-refractivity contribution in [2.45, 2.75) is 37.6 Å². The van der Waals surface area contributed by atoms with Crippen LogP contribution in [-0.4, -0.2) is 40.7 Å². The highest BCUT2D eigenvalue weighted by Crippen LogP contribution is 2.44. The zero-order valence-corrected chi connectivity index (χ0v) is 19.7. The Kier molecular flexibility index (Phi) is 6.50. The van der Waals surface area contributed by atoms with Gasteiger partial charge in [0.05, 0.1) is 5.92 Å². The third-order valence-corrected chi connectivity index (χ3v) is 7.45. The standard InChI is InChI=1S/C26H25N3O5S/c30-23(27-21-12-6-5-11-19(21)24(31)32)22-14-35-25(28-22)29-26(33)34-13-20-17-9-3-1-7-15(17)16-8-2-4-10-18(16)20/h1-4,7-10,14,19-21H,5-6,11-13H2,(H,27,30)(H,31,32)(H,28,29,33)/t19-,21+/m1/s1. The highest BCUT2D eigenvalue weighted by Gasteiger charge is 2.32. The molecule has 2 aliphatic carbocycles. The molecule has 3 aromatic rings. The lowest BCUT2D eigenvalue weighted by Gasteiger charge is -2.28. The number of rotatable bonds is 6. The summed E-state index contributed by atoms with van der Waals surface area (Å²) in [4.78, 5) is 40.7. The molecule has 2 aliphatic rings. The van der Waals surface area contributed by atoms with E-state index in [0.717, 1.165) is 46.4 Å². The molecule has 2 aromatic carbocycles. The average Bonchev–Trinajstić information content (AvgIpc) is 3.46. The van der Waals surface area contributed by atoms with E-state index in [0.29, 0.717) is 12.8 Å². The SMILES string of the molecule is O=C(Nc1nc(C(=O)N[C@H]2CCCC[C@H]2C(=O)O)cs1)OCC1c2ccccc2-c2ccccc21. The number of benzene rings is 2. The number of aliphatic carboxylic acids is 1. The molecule has 5 rings (SSSR count). The first-order chi connectivity index (χ1) is 17.0. The second-order valence-electron chi connectivity index (χ2n) is 8.80. The van der Waals surface area contributed by atoms with Gasteiger partial charge in [0.25, 0.3) is 5.91 Å². The first kappa shape index (κ1) is 23.0. The number of anilines is 1. The molecular weight excluding hydrogens is 466 g/mol. The van der Waals surface area contributed by atoms with E-state index in [-0.39, 0.29) is 23.4 Å². The lowest BCUT2D eigenvalue weighted by molar-refractivity contribution is -0.143. The molecular formula is C26H25N3O5S. The van der Waals surface area contributed by atoms with Gasteiger partial charge in [-0.3, -0.25) is 14.9 Å². The number of fused-ring (bicyclic) bond motifs is 3. The highest BCUT2D eigenvalue weighted by molar-refractivity contribution is 7.14. The molecule has 0 unspecified atom stereocenters. The van der Waals surface area contributed by atoms with Gasteiger partial charge in [0.1, 0.15) is 12.3 Å². The Hall–Kier alpha value is -3.72. The third-order valence-electron chi connectivity index (χ3n) is 6.69. The van der Waals surface area contributed by atoms with Gasteiger partial charge in [-0.2, -0.15) is 0 Å². The van der Waals surface area contributed by atoms with E-state index < -0.39 is 29.9 Å². The number of carbonyl (C=O) groups excluding carboxylic acids is 2. The Morgan fingerprint density at radius 3 is 2.34 bits per heavy atom. The maximum Gasteiger partial charge on any atom is 0.413 e. The van der Waals surface area contributed by atoms with Crippen LogP contribution in [0.3, 0.4) is 0 Å². The summed E-state index contributed by atoms with van der Waals surface area (Å²) in [6, 6.07) is 15.8. The monoisotopic (exact) mass is 491 g/mol. The number of nitrogens with one attached hydrogen (secondary N) is 2. The van der Waals surface area contributed by atoms with Crippen LogP contribution in [0.5, 0.6) is 0 Å². The molecule has 2 atom stereocenters. The van der Waals surface area contributed by atoms with Crippen molar-refractivity contribution in [3.63, 3.8) is 0 Å². The van der Waals surface area contributed by atoms with Crippen LogP contribution in [-0.2, 0) is 9.53 Å². The largest absolute Gasteiger partial charge is 0.481 e. The summed E-state index contributed by atoms with van der Waals surface area (Å²) in [5, 5.41) is 16.6. The van der Waals surface area contributed by atoms with Gasteiger partial charge < -0.3 is 15.2 Å². The van der Waals surface area contributed by atoms with E-state index in [2.05, 4.69) is 27.8 Å². The molecule has 1 aromatic heterocycles. The molecule has 0 bridgehead atoms. The van der Waals surface area contributed by atoms with Crippen molar-refractivity contribution in [1.82, 2.24) is 10.3 Å². The van der Waals surface area contributed by atoms with Crippen LogP contribution in [0.2, 0.25) is 0 Å². The Bertz CT molecular complexity index is 1230. The fourth-order valence-electron chi connectivity index (χ4n) is 5.00. The van der Waals surface area contributed by atoms with Gasteiger partial charge >= 0.3 is 12.1 Å². The maximum absolute atomic E-state index is 12.6. The Labute approximate surface area is 206 Å². The summed E-state index contributed by atoms with van der Waals surface area (Å²) in [6.07, 6.45) is 2.24. The van der Waals surface area contributed by atoms with Crippen LogP contribution >= 0.6 is 11.3 Å². The summed E-state index contributed by atoms with van der Waals surface area (Å²) in [7, 11) is 0. The fourth-order valence-corrected chi connectivity index (χ4v) is 5.68. The molecule has 1 heterocycles. The number of ether oxygens (including phenoxy) is 1. The van der Waals surface area contributed by atoms with Gasteiger partial charge in [0.15, 0.2) is 5.13 Å². The second-order valence-corrected chi connectivity index (χ2v) is 9.66. The predicted octanol–water partition coefficient (Wildman–Crippen LogP) is 4.88. The summed E-state index contributed by atoms with van der Waals surface area (Å²) in [5.41, 5.74) is 4.68. The lowest BCUT2D eigenvalue weighted by atomic mass is 9.84. The van der Waals surface area contributed by atoms with Crippen molar-refractivity contribution in [3.8, 4) is 11.1 Å². The Balaban J connectivity index is 1.19. The van der Waals surface area contributed by atoms with E-state index in [1.165, 1.54) is 5.38 Å². The molecule has 0 spiro atoms. The number of carboxylic acids is 1. The molecule has 2 amide bonds. The summed E-state index contributed by atoms with van der Waals surface area (Å²) >= 11 is 1.11. The second kappa shape index (κ2) is 9.87. The number of carboxylic acid groups (broad SMARTS) is 1. The van der Waals surface area contributed by atoms with Crippen LogP contribution in [0.15, 0.2) is 53.9 Å². The molecule has 0 saturated heterocycles. The summed E-state index contributed by atoms with van der Waals surface area (Å²) < 4.78 is 5.53. The van der Waals surface area contributed by atoms with Gasteiger partial charge in [-0.05, 0) is 35.1 Å². The van der Waals surface area contributed by atoms with Crippen molar-refractivity contribution in [1.29, 1.82) is 0 Å². The zero-order chi connectivity index (χ0) is 24.4. The minimum Gasteiger partial charge on any atom is -0.481 e. The van der Waals surface area contributed by atoms with Crippen molar-refractivity contribution >= 4 is 34.4 Å². The minimum absolute atomic E-state index is 0.0524. The summed E-state index contributed by atoms with van der Waals surface area (Å²) in [5.74, 6) is -1.99. The normalized spacial score (nSPS) is 18.9. The number of nitrogens with zero attached hydrogens (tertiary/aromatic N) is 1. The first-order valence-electron chi connectivity index (χ1n) is 11.6. The first-order valence-corrected chi connectivity index (χ1v) is 12.5. The van der Waals surface area contributed by atoms with Crippen LogP contribution < -0.4 is 10.6 Å². The van der Waals surface area contributed by atoms with Crippen molar-refractivity contribution in [2.24, 2.45) is 5.92 Å². The molecule has 0 aliphatic heterocycles. The molecule has 1 fully saturated rings. The van der Waals surface area contributed by atoms with Crippen LogP contribution in [0.4, 0.5) is 9.93 Å². The lowest BCUT2D eigenvalue weighted by Crippen LogP contribution is -2.45. The van der Waals surface area contributed by atoms with Gasteiger partial charge in [0, 0.05) is 17.3 Å². The quantitative estimate of drug-likeness (QED) is 0.453. The predicted molar refractivity (Wildman–Crippen MR) is 132 cm³/mol. The van der Waals surface area contributed by atoms with E-state index in [1.54, 1.807) is 0 Å². The molecule has 8 nitrogen and oxygen atoms in total. The number of amides is 2. The van der Waals surface area contributed by atoms with Gasteiger partial charge in [-0.1, -0.05) is 61.4 Å². The number of thiazole rings is 1. The highest BCUT2D eigenvalue weighted by atomic mass is 32.1. The van der Waals surface area contributed by atoms with E-state index >= 15 is 0 Å². The smallest absolute Gasteiger partial charge is 0.413 e. The molecule has 1 saturated carbocycles. The van der Waals surface area contributed by atoms with Gasteiger partial charge in [-0.25, -0.2) is 9.78 Å². The van der Waals surface area contributed by atoms with E-state index in [9.17, 15) is 19.5 Å². The number of hydrogen-bond donors (Lipinski definition) is 3. The molecule has 0 radical (unpaired) electrons. The molecule has 3 N–H and O–H groups in total. The number of hydrogen-bond acceptors (Lipinski definition) is 6. The molecule has 35 heavy (non-hydrogen) atoms. The minimum atomic E-state index is -0.897. The summed E-state index contributed by atoms with van der Waals surface area (Å²) in [6.45, 7) is 0.177. The molecule has 180 valence electrons. The van der Waals surface area contributed by atoms with Crippen LogP contribution in [0, 0.1) is 5.92 Å². The average molecular weight is 492 g/mol. The Morgan fingerprint density at radius 2 is 1.66 bits per heavy atom. The van der Waals surface area contributed by atoms with Crippen molar-refractivity contribution in [3.05, 3.63) is 70.7 Å². The van der Waals surface area contributed by atoms with Crippen LogP contribution in [0.1, 0.15) is 53.2 Å². The van der Waals surface area contributed by atoms with Crippen LogP contribution in [0.25, 0.3) is 11.1 Å². The number of carbonyl (C=O) groups is 3. The zero-order valence-electron chi connectivity index (χ0n) is 18.9. The maximum atomic E-state index is 12.6. The van der Waals surface area contributed by atoms with E-state index in [4.69, 9.17) is 4.74 Å². The Morgan fingerprint density at radius 1 is 1.00 bits per heavy atom. The van der Waals surface area contributed by atoms with Crippen molar-refractivity contribution < 1.29 is 24.2 Å². The van der Waals surface area contributed by atoms with Crippen molar-refractivity contribution in [2.75, 3.05) is 11.9 Å². The van der Waals surface area contributed by atoms with Gasteiger partial charge in [0.2, 0.25) is 0 Å². The third kappa shape index (κ3) is 4.77. The molecule has 9 heteroatoms. The number of aromatic nitrogens is 1. The van der Waals surface area contributed by atoms with E-state index in [1.807, 2.05) is 36.4 Å². The fraction of sp³-hybridized carbons (Fsp3) is 0.308. The topological polar surface area (TPSA) is 118 Å². The van der Waals surface area contributed by atoms with Gasteiger partial charge in [-0.15, -0.1) is 11.3 Å².